The van der Waals surface area contributed by atoms with Gasteiger partial charge in [-0.3, -0.25) is 4.57 Å². The van der Waals surface area contributed by atoms with Crippen LogP contribution in [0.5, 0.6) is 0 Å². The summed E-state index contributed by atoms with van der Waals surface area (Å²) >= 11 is 3.11. The molecule has 6 nitrogen and oxygen atoms in total. The minimum atomic E-state index is -0.0531. The fraction of sp³-hybridized carbons (Fsp3) is 0.158. The molecule has 0 amide bonds. The van der Waals surface area contributed by atoms with Gasteiger partial charge in [0.15, 0.2) is 11.0 Å². The van der Waals surface area contributed by atoms with E-state index in [9.17, 15) is 0 Å². The van der Waals surface area contributed by atoms with E-state index in [-0.39, 0.29) is 5.25 Å². The molecule has 0 radical (unpaired) electrons. The summed E-state index contributed by atoms with van der Waals surface area (Å²) in [5.41, 5.74) is 1.02. The van der Waals surface area contributed by atoms with Gasteiger partial charge in [0.1, 0.15) is 0 Å². The van der Waals surface area contributed by atoms with Crippen molar-refractivity contribution in [3.63, 3.8) is 0 Å². The van der Waals surface area contributed by atoms with Crippen LogP contribution in [0.3, 0.4) is 0 Å². The summed E-state index contributed by atoms with van der Waals surface area (Å²) in [6, 6.07) is 13.9. The Morgan fingerprint density at radius 3 is 2.74 bits per heavy atom. The van der Waals surface area contributed by atoms with Gasteiger partial charge in [-0.25, -0.2) is 0 Å². The van der Waals surface area contributed by atoms with E-state index in [4.69, 9.17) is 4.42 Å². The number of allylic oxidation sites excluding steroid dienone is 1. The molecule has 136 valence electrons. The zero-order valence-corrected chi connectivity index (χ0v) is 16.3. The lowest BCUT2D eigenvalue weighted by Crippen LogP contribution is -2.01. The van der Waals surface area contributed by atoms with Crippen LogP contribution >= 0.6 is 23.1 Å². The summed E-state index contributed by atoms with van der Waals surface area (Å²) in [6.45, 7) is 6.50. The van der Waals surface area contributed by atoms with Crippen molar-refractivity contribution in [2.75, 3.05) is 0 Å². The summed E-state index contributed by atoms with van der Waals surface area (Å²) in [5.74, 6) is 1.93. The number of thiophene rings is 1. The van der Waals surface area contributed by atoms with Crippen molar-refractivity contribution in [2.45, 2.75) is 23.9 Å². The second kappa shape index (κ2) is 7.89. The van der Waals surface area contributed by atoms with Crippen molar-refractivity contribution < 1.29 is 4.42 Å². The first-order valence-corrected chi connectivity index (χ1v) is 10.2. The van der Waals surface area contributed by atoms with E-state index in [1.807, 2.05) is 65.4 Å². The van der Waals surface area contributed by atoms with Gasteiger partial charge in [0, 0.05) is 12.1 Å². The van der Waals surface area contributed by atoms with Crippen LogP contribution in [0.1, 0.15) is 18.1 Å². The number of hydrogen-bond donors (Lipinski definition) is 0. The van der Waals surface area contributed by atoms with Crippen LogP contribution in [0.2, 0.25) is 0 Å². The lowest BCUT2D eigenvalue weighted by molar-refractivity contribution is 0.509. The fourth-order valence-corrected chi connectivity index (χ4v) is 4.11. The Morgan fingerprint density at radius 1 is 1.15 bits per heavy atom. The lowest BCUT2D eigenvalue weighted by Gasteiger charge is -2.09. The maximum absolute atomic E-state index is 5.84. The monoisotopic (exact) mass is 395 g/mol. The Kier molecular flexibility index (Phi) is 5.17. The van der Waals surface area contributed by atoms with Crippen LogP contribution in [0, 0.1) is 0 Å². The summed E-state index contributed by atoms with van der Waals surface area (Å²) in [7, 11) is 0. The van der Waals surface area contributed by atoms with Gasteiger partial charge in [-0.1, -0.05) is 54.2 Å². The van der Waals surface area contributed by atoms with Crippen molar-refractivity contribution in [3.05, 3.63) is 66.4 Å². The average molecular weight is 396 g/mol. The molecule has 0 fully saturated rings. The van der Waals surface area contributed by atoms with Gasteiger partial charge < -0.3 is 4.42 Å². The van der Waals surface area contributed by atoms with Crippen LogP contribution in [-0.2, 0) is 6.54 Å². The first-order chi connectivity index (χ1) is 13.3. The second-order valence-electron chi connectivity index (χ2n) is 5.75. The lowest BCUT2D eigenvalue weighted by atomic mass is 10.2. The van der Waals surface area contributed by atoms with E-state index in [0.717, 1.165) is 21.4 Å². The minimum Gasteiger partial charge on any atom is -0.419 e. The molecule has 0 aliphatic rings. The van der Waals surface area contributed by atoms with Gasteiger partial charge >= 0.3 is 0 Å². The van der Waals surface area contributed by atoms with E-state index in [2.05, 4.69) is 27.0 Å². The van der Waals surface area contributed by atoms with Gasteiger partial charge in [0.25, 0.3) is 5.89 Å². The summed E-state index contributed by atoms with van der Waals surface area (Å²) in [4.78, 5) is 0.965. The zero-order valence-electron chi connectivity index (χ0n) is 14.6. The predicted octanol–water partition coefficient (Wildman–Crippen LogP) is 5.10. The Hall–Kier alpha value is -2.71. The summed E-state index contributed by atoms with van der Waals surface area (Å²) < 4.78 is 7.88. The quantitative estimate of drug-likeness (QED) is 0.320. The molecule has 0 bridgehead atoms. The van der Waals surface area contributed by atoms with Crippen LogP contribution in [-0.4, -0.2) is 25.0 Å². The SMILES string of the molecule is C=CCn1c(S[C@H](C)c2nnc(-c3cccs3)o2)nnc1-c1ccccc1. The third-order valence-electron chi connectivity index (χ3n) is 3.86. The Labute approximate surface area is 165 Å². The second-order valence-corrected chi connectivity index (χ2v) is 8.01. The maximum Gasteiger partial charge on any atom is 0.257 e. The molecule has 0 aliphatic heterocycles. The Bertz CT molecular complexity index is 1020. The highest BCUT2D eigenvalue weighted by Crippen LogP contribution is 2.36. The van der Waals surface area contributed by atoms with E-state index in [1.165, 1.54) is 11.8 Å². The molecule has 0 spiro atoms. The van der Waals surface area contributed by atoms with Gasteiger partial charge in [-0.15, -0.1) is 38.3 Å². The van der Waals surface area contributed by atoms with Gasteiger partial charge in [-0.05, 0) is 18.4 Å². The number of hydrogen-bond acceptors (Lipinski definition) is 7. The molecule has 3 heterocycles. The smallest absolute Gasteiger partial charge is 0.257 e. The van der Waals surface area contributed by atoms with Crippen LogP contribution < -0.4 is 0 Å². The molecule has 0 aliphatic carbocycles. The van der Waals surface area contributed by atoms with Crippen molar-refractivity contribution in [2.24, 2.45) is 0 Å². The first-order valence-electron chi connectivity index (χ1n) is 8.39. The van der Waals surface area contributed by atoms with Crippen molar-refractivity contribution in [3.8, 4) is 22.2 Å². The van der Waals surface area contributed by atoms with Gasteiger partial charge in [0.2, 0.25) is 5.89 Å². The Morgan fingerprint density at radius 2 is 2.00 bits per heavy atom. The Balaban J connectivity index is 1.59. The summed E-state index contributed by atoms with van der Waals surface area (Å²) in [6.07, 6.45) is 1.84. The van der Waals surface area contributed by atoms with Crippen molar-refractivity contribution in [1.82, 2.24) is 25.0 Å². The topological polar surface area (TPSA) is 69.6 Å². The first kappa shape index (κ1) is 17.7. The number of thioether (sulfide) groups is 1. The highest BCUT2D eigenvalue weighted by molar-refractivity contribution is 7.99. The average Bonchev–Trinajstić information content (AvgIpc) is 3.44. The number of benzene rings is 1. The van der Waals surface area contributed by atoms with Crippen molar-refractivity contribution >= 4 is 23.1 Å². The van der Waals surface area contributed by atoms with E-state index in [0.29, 0.717) is 18.3 Å². The third-order valence-corrected chi connectivity index (χ3v) is 5.79. The minimum absolute atomic E-state index is 0.0531. The van der Waals surface area contributed by atoms with E-state index < -0.39 is 0 Å². The van der Waals surface area contributed by atoms with Crippen LogP contribution in [0.4, 0.5) is 0 Å². The molecule has 0 N–H and O–H groups in total. The largest absolute Gasteiger partial charge is 0.419 e. The molecule has 27 heavy (non-hydrogen) atoms. The molecule has 1 atom stereocenters. The number of rotatable bonds is 7. The standard InChI is InChI=1S/C19H17N5OS2/c1-3-11-24-16(14-8-5-4-6-9-14)20-23-19(24)27-13(2)17-21-22-18(25-17)15-10-7-12-26-15/h3-10,12-13H,1,11H2,2H3/t13-/m1/s1. The number of aromatic nitrogens is 5. The van der Waals surface area contributed by atoms with Gasteiger partial charge in [0.05, 0.1) is 10.1 Å². The molecular formula is C19H17N5OS2. The summed E-state index contributed by atoms with van der Waals surface area (Å²) in [5, 5.41) is 19.8. The fourth-order valence-electron chi connectivity index (χ4n) is 2.58. The molecule has 3 aromatic heterocycles. The van der Waals surface area contributed by atoms with Crippen LogP contribution in [0.15, 0.2) is 70.1 Å². The molecule has 0 saturated heterocycles. The molecule has 0 saturated carbocycles. The van der Waals surface area contributed by atoms with Crippen molar-refractivity contribution in [1.29, 1.82) is 0 Å². The van der Waals surface area contributed by atoms with Crippen LogP contribution in [0.25, 0.3) is 22.2 Å². The molecule has 4 aromatic rings. The molecule has 8 heteroatoms. The molecular weight excluding hydrogens is 378 g/mol. The highest BCUT2D eigenvalue weighted by Gasteiger charge is 2.21. The highest BCUT2D eigenvalue weighted by atomic mass is 32.2. The molecule has 4 rings (SSSR count). The molecule has 0 unspecified atom stereocenters. The normalized spacial score (nSPS) is 12.2. The zero-order chi connectivity index (χ0) is 18.6. The predicted molar refractivity (Wildman–Crippen MR) is 108 cm³/mol. The maximum atomic E-state index is 5.84. The van der Waals surface area contributed by atoms with E-state index in [1.54, 1.807) is 11.3 Å². The molecule has 1 aromatic carbocycles. The number of nitrogens with zero attached hydrogens (tertiary/aromatic N) is 5. The van der Waals surface area contributed by atoms with Gasteiger partial charge in [-0.2, -0.15) is 0 Å². The van der Waals surface area contributed by atoms with E-state index >= 15 is 0 Å². The third kappa shape index (κ3) is 3.72.